The summed E-state index contributed by atoms with van der Waals surface area (Å²) in [6.07, 6.45) is 3.34. The molecule has 14 heteroatoms. The molecule has 2 aliphatic heterocycles. The zero-order valence-electron chi connectivity index (χ0n) is 60.2. The van der Waals surface area contributed by atoms with Crippen molar-refractivity contribution in [3.8, 4) is 0 Å². The summed E-state index contributed by atoms with van der Waals surface area (Å²) in [6.45, 7) is 13.0. The highest BCUT2D eigenvalue weighted by Gasteiger charge is 2.48. The molecule has 12 aromatic rings. The van der Waals surface area contributed by atoms with Gasteiger partial charge in [-0.25, -0.2) is 0 Å². The van der Waals surface area contributed by atoms with E-state index >= 15 is 0 Å². The third-order valence-corrected chi connectivity index (χ3v) is 20.1. The number of hydrogen-bond acceptors (Lipinski definition) is 10. The largest absolute Gasteiger partial charge is 0.374 e. The third kappa shape index (κ3) is 23.1. The lowest BCUT2D eigenvalue weighted by Gasteiger charge is -2.45. The smallest absolute Gasteiger partial charge is 0.115 e. The number of nitrogens with one attached hydrogen (secondary N) is 1. The van der Waals surface area contributed by atoms with E-state index in [1.807, 2.05) is 159 Å². The lowest BCUT2D eigenvalue weighted by Crippen LogP contribution is -2.60. The van der Waals surface area contributed by atoms with Crippen LogP contribution in [0.4, 0.5) is 0 Å². The number of nitrogens with zero attached hydrogens (tertiary/aromatic N) is 1. The van der Waals surface area contributed by atoms with Crippen molar-refractivity contribution in [1.82, 2.24) is 9.32 Å². The van der Waals surface area contributed by atoms with Crippen molar-refractivity contribution in [2.24, 2.45) is 0 Å². The minimum Gasteiger partial charge on any atom is -0.374 e. The molecule has 12 atom stereocenters. The molecule has 14 rings (SSSR count). The lowest BCUT2D eigenvalue weighted by atomic mass is 9.94. The second kappa shape index (κ2) is 42.0. The van der Waals surface area contributed by atoms with Gasteiger partial charge in [-0.3, -0.25) is 0 Å². The van der Waals surface area contributed by atoms with Crippen LogP contribution in [-0.2, 0) is 113 Å². The molecule has 540 valence electrons. The molecule has 12 nitrogen and oxygen atoms in total. The third-order valence-electron chi connectivity index (χ3n) is 18.6. The molecule has 0 saturated carbocycles. The molecule has 4 heterocycles. The molecule has 0 radical (unpaired) electrons. The lowest BCUT2D eigenvalue weighted by molar-refractivity contribution is -0.269. The number of benzene rings is 10. The minimum absolute atomic E-state index is 0.216. The van der Waals surface area contributed by atoms with E-state index in [4.69, 9.17) is 47.4 Å². The Kier molecular flexibility index (Phi) is 31.1. The van der Waals surface area contributed by atoms with E-state index in [0.717, 1.165) is 65.8 Å². The van der Waals surface area contributed by atoms with Crippen LogP contribution in [0.25, 0.3) is 21.8 Å². The average molecular weight is 1430 g/mol. The van der Waals surface area contributed by atoms with Crippen molar-refractivity contribution < 1.29 is 47.4 Å². The van der Waals surface area contributed by atoms with Gasteiger partial charge in [-0.05, 0) is 103 Å². The average Bonchev–Trinajstić information content (AvgIpc) is 1.22. The summed E-state index contributed by atoms with van der Waals surface area (Å²) in [4.78, 5) is 3.24. The summed E-state index contributed by atoms with van der Waals surface area (Å²) in [5.41, 5.74) is 14.3. The van der Waals surface area contributed by atoms with Crippen LogP contribution in [0.3, 0.4) is 0 Å². The fourth-order valence-electron chi connectivity index (χ4n) is 13.1. The highest BCUT2D eigenvalue weighted by atomic mass is 32.0. The molecule has 0 bridgehead atoms. The summed E-state index contributed by atoms with van der Waals surface area (Å²) < 4.78 is 67.3. The van der Waals surface area contributed by atoms with Gasteiger partial charge in [0.15, 0.2) is 0 Å². The first-order valence-electron chi connectivity index (χ1n) is 36.4. The maximum Gasteiger partial charge on any atom is 0.115 e. The van der Waals surface area contributed by atoms with E-state index in [1.165, 1.54) is 32.9 Å². The van der Waals surface area contributed by atoms with Gasteiger partial charge < -0.3 is 56.7 Å². The Labute approximate surface area is 619 Å². The Balaban J connectivity index is 0.000000157. The molecule has 2 fully saturated rings. The van der Waals surface area contributed by atoms with Gasteiger partial charge in [0.1, 0.15) is 48.8 Å². The van der Waals surface area contributed by atoms with E-state index in [0.29, 0.717) is 66.1 Å². The molecule has 1 N–H and O–H groups in total. The number of ether oxygens (including phenoxy) is 10. The van der Waals surface area contributed by atoms with E-state index in [2.05, 4.69) is 190 Å². The number of aryl methyl sites for hydroxylation is 2. The highest BCUT2D eigenvalue weighted by Crippen LogP contribution is 2.35. The number of rotatable bonds is 29. The Morgan fingerprint density at radius 1 is 0.337 bits per heavy atom. The SMILES string of the molecule is CCc1c[nH]c2ccccc12.CCc1cn(PP)c2ccccc12.C[C@@H]1O[C@H](COCc2ccccc2)[C@@H](OCc2ccccc2)[C@H](OCc2ccccc2)[C@H]1OCc1ccccc1.C[C@@H]1O[C@H](COCc2ccccc2)[C@@H](OCc2ccccc2)[C@H](OCc2ccccc2)[C@H]1OCc1ccccc1. The summed E-state index contributed by atoms with van der Waals surface area (Å²) >= 11 is 0. The van der Waals surface area contributed by atoms with Crippen molar-refractivity contribution in [3.05, 3.63) is 359 Å². The maximum absolute atomic E-state index is 6.65. The van der Waals surface area contributed by atoms with E-state index in [-0.39, 0.29) is 48.8 Å². The van der Waals surface area contributed by atoms with Gasteiger partial charge in [-0.2, -0.15) is 0 Å². The van der Waals surface area contributed by atoms with Crippen LogP contribution < -0.4 is 0 Å². The van der Waals surface area contributed by atoms with Gasteiger partial charge in [0.05, 0.1) is 83.8 Å². The van der Waals surface area contributed by atoms with Crippen molar-refractivity contribution in [2.75, 3.05) is 13.2 Å². The number of H-pyrrole nitrogens is 1. The van der Waals surface area contributed by atoms with Gasteiger partial charge in [-0.1, -0.05) is 302 Å². The summed E-state index contributed by atoms with van der Waals surface area (Å²) in [5, 5.41) is 2.76. The maximum atomic E-state index is 6.65. The van der Waals surface area contributed by atoms with Crippen LogP contribution >= 0.6 is 17.3 Å². The zero-order chi connectivity index (χ0) is 71.8. The first kappa shape index (κ1) is 76.9. The van der Waals surface area contributed by atoms with Gasteiger partial charge in [0.2, 0.25) is 0 Å². The fourth-order valence-corrected chi connectivity index (χ4v) is 14.3. The van der Waals surface area contributed by atoms with Gasteiger partial charge in [-0.15, -0.1) is 0 Å². The van der Waals surface area contributed by atoms with Crippen molar-refractivity contribution in [3.63, 3.8) is 0 Å². The number of hydrogen-bond donors (Lipinski definition) is 1. The molecule has 2 aliphatic rings. The standard InChI is InChI=1S/2C35H38O5.C10H13NP2.C10H11N/c2*1-27-33(37-23-29-16-8-3-9-17-29)35(39-25-31-20-12-5-13-21-31)34(38-24-30-18-10-4-11-19-30)32(40-27)26-36-22-28-14-6-2-7-15-28;1-2-8-7-11(13-12)10-6-4-3-5-9(8)10;1-2-8-7-11-10-6-4-3-5-9(8)10/h2*2-21,27,32-35H,22-26H2,1H3;3-7,13H,2,12H2,1H3;3-7,11H,2H2,1H3/t2*27-,32+,33-,34+,35+;;/m00../s1. The molecule has 2 unspecified atom stereocenters. The monoisotopic (exact) mass is 1430 g/mol. The van der Waals surface area contributed by atoms with E-state index in [1.54, 1.807) is 0 Å². The molecular formula is C90H100N2O10P2. The van der Waals surface area contributed by atoms with Crippen LogP contribution in [0, 0.1) is 0 Å². The van der Waals surface area contributed by atoms with Crippen LogP contribution in [0.15, 0.2) is 304 Å². The Morgan fingerprint density at radius 2 is 0.625 bits per heavy atom. The van der Waals surface area contributed by atoms with Crippen LogP contribution in [0.1, 0.15) is 83.3 Å². The predicted molar refractivity (Wildman–Crippen MR) is 423 cm³/mol. The van der Waals surface area contributed by atoms with Gasteiger partial charge in [0, 0.05) is 28.7 Å². The number of aromatic nitrogens is 2. The molecule has 0 aliphatic carbocycles. The molecule has 0 amide bonds. The second-order valence-electron chi connectivity index (χ2n) is 26.1. The van der Waals surface area contributed by atoms with Crippen LogP contribution in [0.5, 0.6) is 0 Å². The van der Waals surface area contributed by atoms with Gasteiger partial charge in [0.25, 0.3) is 0 Å². The molecular weight excluding hydrogens is 1330 g/mol. The molecule has 0 spiro atoms. The molecule has 104 heavy (non-hydrogen) atoms. The molecule has 2 saturated heterocycles. The topological polar surface area (TPSA) is 113 Å². The first-order chi connectivity index (χ1) is 51.3. The Bertz CT molecular complexity index is 4060. The number of fused-ring (bicyclic) bond motifs is 2. The van der Waals surface area contributed by atoms with E-state index in [9.17, 15) is 0 Å². The quantitative estimate of drug-likeness (QED) is 0.0455. The normalized spacial score (nSPS) is 20.0. The van der Waals surface area contributed by atoms with Crippen molar-refractivity contribution in [1.29, 1.82) is 0 Å². The fraction of sp³-hybridized carbons (Fsp3) is 0.289. The summed E-state index contributed by atoms with van der Waals surface area (Å²) in [5.74, 6) is 0. The first-order valence-corrected chi connectivity index (χ1v) is 39.1. The minimum atomic E-state index is -0.392. The van der Waals surface area contributed by atoms with Crippen LogP contribution in [-0.4, -0.2) is 83.6 Å². The van der Waals surface area contributed by atoms with E-state index < -0.39 is 12.2 Å². The van der Waals surface area contributed by atoms with Crippen LogP contribution in [0.2, 0.25) is 0 Å². The Morgan fingerprint density at radius 3 is 0.962 bits per heavy atom. The molecule has 2 aromatic heterocycles. The van der Waals surface area contributed by atoms with Crippen molar-refractivity contribution >= 4 is 39.2 Å². The number of para-hydroxylation sites is 2. The zero-order valence-corrected chi connectivity index (χ0v) is 62.4. The molecule has 10 aromatic carbocycles. The highest BCUT2D eigenvalue weighted by molar-refractivity contribution is 8.02. The predicted octanol–water partition coefficient (Wildman–Crippen LogP) is 19.7. The summed E-state index contributed by atoms with van der Waals surface area (Å²) in [7, 11) is 3.53. The second-order valence-corrected chi connectivity index (χ2v) is 27.6. The summed E-state index contributed by atoms with van der Waals surface area (Å²) in [6, 6.07) is 98.5. The van der Waals surface area contributed by atoms with Gasteiger partial charge >= 0.3 is 0 Å². The Hall–Kier alpha value is -8.26. The number of aromatic amines is 1. The van der Waals surface area contributed by atoms with Crippen molar-refractivity contribution in [2.45, 2.75) is 154 Å².